The molecule has 0 fully saturated rings. The molecule has 0 unspecified atom stereocenters. The summed E-state index contributed by atoms with van der Waals surface area (Å²) in [6.45, 7) is 0. The molecule has 0 saturated carbocycles. The van der Waals surface area contributed by atoms with E-state index in [1.807, 2.05) is 0 Å². The van der Waals surface area contributed by atoms with Gasteiger partial charge in [0.2, 0.25) is 0 Å². The molecular formula is C33H37Zr-5. The number of aryl methyl sites for hydroxylation is 1. The third kappa shape index (κ3) is 7.89. The summed E-state index contributed by atoms with van der Waals surface area (Å²) >= 11 is 0. The first-order chi connectivity index (χ1) is 14.9. The minimum Gasteiger partial charge on any atom is -0.358 e. The van der Waals surface area contributed by atoms with Crippen LogP contribution in [0, 0.1) is 40.7 Å². The molecule has 0 N–H and O–H groups in total. The number of hydrogen-bond donors (Lipinski definition) is 0. The molecule has 1 heteroatoms. The summed E-state index contributed by atoms with van der Waals surface area (Å²) in [5.41, 5.74) is 7.19. The van der Waals surface area contributed by atoms with Crippen LogP contribution in [0.1, 0.15) is 48.8 Å². The van der Waals surface area contributed by atoms with Gasteiger partial charge in [-0.15, -0.1) is 58.7 Å². The molecule has 5 rings (SSSR count). The Balaban J connectivity index is 0.000000716. The standard InChI is InChI=1S/C21H21.C9H7.3CH3.Zr/c1-2-3-4-5-6-7-11-17-13-10-14-19-16-18-12-8-9-15-20(18)21(17)19;1-2-5-9-7-3-6-8(9)4-1;;;;/h1,8-10,12-13,15H,3-7,11,16H2;1-7H;3*1H3;/q5*-1;. The van der Waals surface area contributed by atoms with Crippen molar-refractivity contribution >= 4 is 10.8 Å². The monoisotopic (exact) mass is 523 g/mol. The van der Waals surface area contributed by atoms with Gasteiger partial charge in [-0.2, -0.15) is 35.7 Å². The van der Waals surface area contributed by atoms with Gasteiger partial charge in [0.05, 0.1) is 0 Å². The molecule has 0 atom stereocenters. The van der Waals surface area contributed by atoms with E-state index in [4.69, 9.17) is 6.42 Å². The second kappa shape index (κ2) is 16.4. The van der Waals surface area contributed by atoms with E-state index in [-0.39, 0.29) is 48.5 Å². The summed E-state index contributed by atoms with van der Waals surface area (Å²) in [5, 5.41) is 2.66. The summed E-state index contributed by atoms with van der Waals surface area (Å²) < 4.78 is 0. The predicted molar refractivity (Wildman–Crippen MR) is 148 cm³/mol. The first-order valence-corrected chi connectivity index (χ1v) is 11.0. The molecule has 4 aromatic carbocycles. The number of benzene rings is 3. The second-order valence-electron chi connectivity index (χ2n) is 7.96. The molecular weight excluding hydrogens is 488 g/mol. The van der Waals surface area contributed by atoms with Gasteiger partial charge in [0.1, 0.15) is 0 Å². The van der Waals surface area contributed by atoms with Gasteiger partial charge in [-0.25, -0.2) is 0 Å². The smallest absolute Gasteiger partial charge is 0.00860 e. The zero-order chi connectivity index (χ0) is 20.6. The van der Waals surface area contributed by atoms with E-state index < -0.39 is 0 Å². The summed E-state index contributed by atoms with van der Waals surface area (Å²) in [6, 6.07) is 31.2. The summed E-state index contributed by atoms with van der Waals surface area (Å²) in [6.07, 6.45) is 13.4. The van der Waals surface area contributed by atoms with E-state index in [1.54, 1.807) is 0 Å². The van der Waals surface area contributed by atoms with Gasteiger partial charge in [0.25, 0.3) is 0 Å². The first-order valence-electron chi connectivity index (χ1n) is 11.0. The molecule has 1 aliphatic carbocycles. The minimum absolute atomic E-state index is 0. The van der Waals surface area contributed by atoms with E-state index in [1.165, 1.54) is 70.7 Å². The van der Waals surface area contributed by atoms with Crippen molar-refractivity contribution in [3.63, 3.8) is 0 Å². The fourth-order valence-corrected chi connectivity index (χ4v) is 4.35. The van der Waals surface area contributed by atoms with Crippen molar-refractivity contribution in [3.05, 3.63) is 124 Å². The molecule has 0 bridgehead atoms. The topological polar surface area (TPSA) is 0 Å². The number of fused-ring (bicyclic) bond motifs is 4. The Hall–Kier alpha value is -2.29. The van der Waals surface area contributed by atoms with Crippen molar-refractivity contribution in [1.29, 1.82) is 0 Å². The van der Waals surface area contributed by atoms with E-state index >= 15 is 0 Å². The fraction of sp³-hybridized carbons (Fsp3) is 0.212. The van der Waals surface area contributed by atoms with Crippen LogP contribution in [0.4, 0.5) is 0 Å². The Morgan fingerprint density at radius 3 is 2.38 bits per heavy atom. The maximum Gasteiger partial charge on any atom is 0.00860 e. The molecule has 0 radical (unpaired) electrons. The molecule has 0 spiro atoms. The second-order valence-corrected chi connectivity index (χ2v) is 7.96. The third-order valence-electron chi connectivity index (χ3n) is 5.88. The van der Waals surface area contributed by atoms with Gasteiger partial charge < -0.3 is 22.3 Å². The Labute approximate surface area is 228 Å². The van der Waals surface area contributed by atoms with Crippen LogP contribution >= 0.6 is 0 Å². The summed E-state index contributed by atoms with van der Waals surface area (Å²) in [4.78, 5) is 0. The number of hydrogen-bond acceptors (Lipinski definition) is 0. The Bertz CT molecular complexity index is 1110. The van der Waals surface area contributed by atoms with Crippen molar-refractivity contribution in [2.24, 2.45) is 0 Å². The molecule has 178 valence electrons. The minimum atomic E-state index is 0. The van der Waals surface area contributed by atoms with Gasteiger partial charge in [0, 0.05) is 32.6 Å². The van der Waals surface area contributed by atoms with E-state index in [9.17, 15) is 0 Å². The van der Waals surface area contributed by atoms with Crippen LogP contribution in [0.25, 0.3) is 21.9 Å². The maximum atomic E-state index is 5.29. The van der Waals surface area contributed by atoms with Crippen LogP contribution in [0.5, 0.6) is 0 Å². The van der Waals surface area contributed by atoms with E-state index in [2.05, 4.69) is 90.8 Å². The van der Waals surface area contributed by atoms with Crippen LogP contribution in [0.3, 0.4) is 0 Å². The Morgan fingerprint density at radius 1 is 0.853 bits per heavy atom. The maximum absolute atomic E-state index is 5.29. The fourth-order valence-electron chi connectivity index (χ4n) is 4.35. The van der Waals surface area contributed by atoms with Crippen molar-refractivity contribution in [1.82, 2.24) is 0 Å². The van der Waals surface area contributed by atoms with Gasteiger partial charge in [-0.1, -0.05) is 60.7 Å². The molecule has 34 heavy (non-hydrogen) atoms. The molecule has 0 saturated heterocycles. The molecule has 0 aliphatic heterocycles. The largest absolute Gasteiger partial charge is 0.358 e. The van der Waals surface area contributed by atoms with Gasteiger partial charge in [-0.3, -0.25) is 0 Å². The van der Waals surface area contributed by atoms with E-state index in [0.717, 1.165) is 12.8 Å². The Kier molecular flexibility index (Phi) is 15.3. The molecule has 0 aromatic heterocycles. The Morgan fingerprint density at radius 2 is 1.59 bits per heavy atom. The van der Waals surface area contributed by atoms with Crippen LogP contribution in [-0.4, -0.2) is 0 Å². The average Bonchev–Trinajstić information content (AvgIpc) is 3.41. The molecule has 4 aromatic rings. The third-order valence-corrected chi connectivity index (χ3v) is 5.88. The van der Waals surface area contributed by atoms with Crippen molar-refractivity contribution in [2.45, 2.75) is 44.9 Å². The van der Waals surface area contributed by atoms with Crippen molar-refractivity contribution in [2.75, 3.05) is 0 Å². The SMILES string of the molecule is C#CCCCCCCc1cc[c-]c2c1-c1ccccc1C2.[CH3-].[CH3-].[CH3-].[Zr].c1ccc2[cH-]ccc2c1. The van der Waals surface area contributed by atoms with Crippen LogP contribution in [0.15, 0.2) is 78.9 Å². The summed E-state index contributed by atoms with van der Waals surface area (Å²) in [7, 11) is 0. The number of rotatable bonds is 6. The quantitative estimate of drug-likeness (QED) is 0.118. The van der Waals surface area contributed by atoms with Gasteiger partial charge in [0.15, 0.2) is 0 Å². The molecule has 0 amide bonds. The van der Waals surface area contributed by atoms with Crippen LogP contribution in [0.2, 0.25) is 0 Å². The number of unbranched alkanes of at least 4 members (excludes halogenated alkanes) is 4. The van der Waals surface area contributed by atoms with Crippen molar-refractivity contribution in [3.8, 4) is 23.5 Å². The van der Waals surface area contributed by atoms with Crippen molar-refractivity contribution < 1.29 is 26.2 Å². The van der Waals surface area contributed by atoms with Crippen LogP contribution in [-0.2, 0) is 39.0 Å². The van der Waals surface area contributed by atoms with Gasteiger partial charge in [-0.05, 0) is 19.3 Å². The van der Waals surface area contributed by atoms with E-state index in [0.29, 0.717) is 0 Å². The average molecular weight is 525 g/mol. The van der Waals surface area contributed by atoms with Gasteiger partial charge >= 0.3 is 0 Å². The zero-order valence-electron chi connectivity index (χ0n) is 21.0. The first kappa shape index (κ1) is 31.7. The number of terminal acetylenes is 1. The summed E-state index contributed by atoms with van der Waals surface area (Å²) in [5.74, 6) is 2.72. The predicted octanol–water partition coefficient (Wildman–Crippen LogP) is 9.09. The van der Waals surface area contributed by atoms with Crippen LogP contribution < -0.4 is 0 Å². The normalized spacial score (nSPS) is 9.97. The molecule has 0 heterocycles. The molecule has 0 nitrogen and oxygen atoms in total. The zero-order valence-corrected chi connectivity index (χ0v) is 23.5. The molecule has 1 aliphatic rings.